The van der Waals surface area contributed by atoms with Crippen molar-refractivity contribution < 1.29 is 4.74 Å². The number of nitriles is 1. The number of aromatic nitrogens is 1. The molecule has 0 unspecified atom stereocenters. The Kier molecular flexibility index (Phi) is 4.70. The standard InChI is InChI=1S/C16H17N3O/c1-3-18-9-13-6-14(11-19-10-13)15-7-12(8-17)4-5-16(15)20-2/h4-7,10-11,18H,3,9H2,1-2H3. The fourth-order valence-electron chi connectivity index (χ4n) is 2.00. The van der Waals surface area contributed by atoms with Crippen molar-refractivity contribution in [2.45, 2.75) is 13.5 Å². The van der Waals surface area contributed by atoms with Crippen LogP contribution in [0.25, 0.3) is 11.1 Å². The minimum Gasteiger partial charge on any atom is -0.496 e. The van der Waals surface area contributed by atoms with E-state index in [0.717, 1.165) is 35.5 Å². The molecule has 2 rings (SSSR count). The molecule has 0 atom stereocenters. The van der Waals surface area contributed by atoms with Crippen LogP contribution in [0.15, 0.2) is 36.7 Å². The Morgan fingerprint density at radius 3 is 2.85 bits per heavy atom. The Hall–Kier alpha value is -2.38. The molecule has 0 spiro atoms. The first-order valence-electron chi connectivity index (χ1n) is 6.51. The topological polar surface area (TPSA) is 57.9 Å². The lowest BCUT2D eigenvalue weighted by Gasteiger charge is -2.10. The van der Waals surface area contributed by atoms with E-state index in [1.807, 2.05) is 18.3 Å². The normalized spacial score (nSPS) is 10.1. The van der Waals surface area contributed by atoms with Crippen LogP contribution in [0.3, 0.4) is 0 Å². The molecule has 1 aromatic heterocycles. The maximum absolute atomic E-state index is 9.03. The SMILES string of the molecule is CCNCc1cncc(-c2cc(C#N)ccc2OC)c1. The van der Waals surface area contributed by atoms with Gasteiger partial charge in [-0.25, -0.2) is 0 Å². The van der Waals surface area contributed by atoms with E-state index >= 15 is 0 Å². The molecule has 0 saturated heterocycles. The van der Waals surface area contributed by atoms with Gasteiger partial charge in [0, 0.05) is 30.1 Å². The summed E-state index contributed by atoms with van der Waals surface area (Å²) in [6.07, 6.45) is 3.63. The number of benzene rings is 1. The Balaban J connectivity index is 2.42. The van der Waals surface area contributed by atoms with E-state index in [4.69, 9.17) is 10.00 Å². The predicted molar refractivity (Wildman–Crippen MR) is 78.3 cm³/mol. The van der Waals surface area contributed by atoms with Crippen molar-refractivity contribution >= 4 is 0 Å². The smallest absolute Gasteiger partial charge is 0.126 e. The van der Waals surface area contributed by atoms with E-state index in [2.05, 4.69) is 29.4 Å². The second kappa shape index (κ2) is 6.69. The summed E-state index contributed by atoms with van der Waals surface area (Å²) in [6, 6.07) is 9.60. The largest absolute Gasteiger partial charge is 0.496 e. The molecule has 2 aromatic rings. The molecule has 1 heterocycles. The second-order valence-corrected chi connectivity index (χ2v) is 4.39. The summed E-state index contributed by atoms with van der Waals surface area (Å²) in [5.74, 6) is 0.742. The average molecular weight is 267 g/mol. The van der Waals surface area contributed by atoms with Crippen molar-refractivity contribution in [3.63, 3.8) is 0 Å². The first-order chi connectivity index (χ1) is 9.78. The highest BCUT2D eigenvalue weighted by Gasteiger charge is 2.08. The van der Waals surface area contributed by atoms with Gasteiger partial charge >= 0.3 is 0 Å². The van der Waals surface area contributed by atoms with E-state index in [1.54, 1.807) is 19.4 Å². The van der Waals surface area contributed by atoms with Crippen LogP contribution < -0.4 is 10.1 Å². The van der Waals surface area contributed by atoms with Gasteiger partial charge in [-0.15, -0.1) is 0 Å². The lowest BCUT2D eigenvalue weighted by molar-refractivity contribution is 0.416. The van der Waals surface area contributed by atoms with Crippen molar-refractivity contribution in [3.05, 3.63) is 47.8 Å². The molecule has 0 bridgehead atoms. The van der Waals surface area contributed by atoms with Crippen LogP contribution in [0, 0.1) is 11.3 Å². The van der Waals surface area contributed by atoms with Gasteiger partial charge in [0.05, 0.1) is 18.7 Å². The number of nitrogens with one attached hydrogen (secondary N) is 1. The maximum atomic E-state index is 9.03. The van der Waals surface area contributed by atoms with Crippen LogP contribution in [0.1, 0.15) is 18.1 Å². The van der Waals surface area contributed by atoms with Crippen LogP contribution >= 0.6 is 0 Å². The number of ether oxygens (including phenoxy) is 1. The Labute approximate surface area is 119 Å². The number of pyridine rings is 1. The van der Waals surface area contributed by atoms with Gasteiger partial charge in [0.15, 0.2) is 0 Å². The van der Waals surface area contributed by atoms with Crippen molar-refractivity contribution in [2.75, 3.05) is 13.7 Å². The lowest BCUT2D eigenvalue weighted by Crippen LogP contribution is -2.11. The third-order valence-electron chi connectivity index (χ3n) is 3.01. The molecule has 0 radical (unpaired) electrons. The highest BCUT2D eigenvalue weighted by atomic mass is 16.5. The van der Waals surface area contributed by atoms with E-state index in [1.165, 1.54) is 0 Å². The van der Waals surface area contributed by atoms with Crippen LogP contribution in [-0.2, 0) is 6.54 Å². The first-order valence-corrected chi connectivity index (χ1v) is 6.51. The molecule has 0 saturated carbocycles. The zero-order chi connectivity index (χ0) is 14.4. The Morgan fingerprint density at radius 2 is 2.15 bits per heavy atom. The quantitative estimate of drug-likeness (QED) is 0.905. The van der Waals surface area contributed by atoms with Crippen LogP contribution in [0.2, 0.25) is 0 Å². The molecule has 102 valence electrons. The summed E-state index contributed by atoms with van der Waals surface area (Å²) in [6.45, 7) is 3.76. The third kappa shape index (κ3) is 3.14. The van der Waals surface area contributed by atoms with E-state index < -0.39 is 0 Å². The summed E-state index contributed by atoms with van der Waals surface area (Å²) in [7, 11) is 1.63. The average Bonchev–Trinajstić information content (AvgIpc) is 2.52. The Morgan fingerprint density at radius 1 is 1.30 bits per heavy atom. The summed E-state index contributed by atoms with van der Waals surface area (Å²) in [5.41, 5.74) is 3.55. The van der Waals surface area contributed by atoms with Gasteiger partial charge < -0.3 is 10.1 Å². The van der Waals surface area contributed by atoms with Crippen molar-refractivity contribution in [1.29, 1.82) is 5.26 Å². The van der Waals surface area contributed by atoms with E-state index in [9.17, 15) is 0 Å². The van der Waals surface area contributed by atoms with Gasteiger partial charge in [-0.1, -0.05) is 6.92 Å². The summed E-state index contributed by atoms with van der Waals surface area (Å²) >= 11 is 0. The molecule has 0 fully saturated rings. The predicted octanol–water partition coefficient (Wildman–Crippen LogP) is 2.74. The molecular formula is C16H17N3O. The summed E-state index contributed by atoms with van der Waals surface area (Å²) in [5, 5.41) is 12.3. The molecule has 1 N–H and O–H groups in total. The van der Waals surface area contributed by atoms with Crippen molar-refractivity contribution in [3.8, 4) is 22.9 Å². The van der Waals surface area contributed by atoms with Gasteiger partial charge in [0.1, 0.15) is 5.75 Å². The van der Waals surface area contributed by atoms with Crippen LogP contribution in [-0.4, -0.2) is 18.6 Å². The molecule has 1 aromatic carbocycles. The lowest BCUT2D eigenvalue weighted by atomic mass is 10.0. The number of nitrogens with zero attached hydrogens (tertiary/aromatic N) is 2. The van der Waals surface area contributed by atoms with Crippen LogP contribution in [0.4, 0.5) is 0 Å². The maximum Gasteiger partial charge on any atom is 0.126 e. The van der Waals surface area contributed by atoms with Gasteiger partial charge in [0.25, 0.3) is 0 Å². The molecule has 0 aliphatic carbocycles. The third-order valence-corrected chi connectivity index (χ3v) is 3.01. The fraction of sp³-hybridized carbons (Fsp3) is 0.250. The van der Waals surface area contributed by atoms with Crippen LogP contribution in [0.5, 0.6) is 5.75 Å². The molecule has 4 heteroatoms. The molecule has 0 amide bonds. The fourth-order valence-corrected chi connectivity index (χ4v) is 2.00. The zero-order valence-corrected chi connectivity index (χ0v) is 11.7. The van der Waals surface area contributed by atoms with Crippen molar-refractivity contribution in [1.82, 2.24) is 10.3 Å². The number of hydrogen-bond acceptors (Lipinski definition) is 4. The van der Waals surface area contributed by atoms with Gasteiger partial charge in [-0.3, -0.25) is 4.98 Å². The summed E-state index contributed by atoms with van der Waals surface area (Å²) in [4.78, 5) is 4.27. The number of methoxy groups -OCH3 is 1. The highest BCUT2D eigenvalue weighted by Crippen LogP contribution is 2.30. The highest BCUT2D eigenvalue weighted by molar-refractivity contribution is 5.71. The zero-order valence-electron chi connectivity index (χ0n) is 11.7. The number of hydrogen-bond donors (Lipinski definition) is 1. The molecule has 4 nitrogen and oxygen atoms in total. The van der Waals surface area contributed by atoms with E-state index in [-0.39, 0.29) is 0 Å². The van der Waals surface area contributed by atoms with Gasteiger partial charge in [-0.05, 0) is 36.4 Å². The molecular weight excluding hydrogens is 250 g/mol. The summed E-state index contributed by atoms with van der Waals surface area (Å²) < 4.78 is 5.37. The molecule has 20 heavy (non-hydrogen) atoms. The minimum atomic E-state index is 0.609. The van der Waals surface area contributed by atoms with E-state index in [0.29, 0.717) is 5.56 Å². The number of rotatable bonds is 5. The second-order valence-electron chi connectivity index (χ2n) is 4.39. The molecule has 0 aliphatic rings. The first kappa shape index (κ1) is 14.0. The van der Waals surface area contributed by atoms with Gasteiger partial charge in [-0.2, -0.15) is 5.26 Å². The Bertz CT molecular complexity index is 632. The van der Waals surface area contributed by atoms with Gasteiger partial charge in [0.2, 0.25) is 0 Å². The van der Waals surface area contributed by atoms with Crippen molar-refractivity contribution in [2.24, 2.45) is 0 Å². The minimum absolute atomic E-state index is 0.609. The monoisotopic (exact) mass is 267 g/mol. The molecule has 0 aliphatic heterocycles.